The van der Waals surface area contributed by atoms with E-state index >= 15 is 0 Å². The maximum Gasteiger partial charge on any atom is 0.221 e. The number of hydrogen-bond donors (Lipinski definition) is 1. The van der Waals surface area contributed by atoms with Gasteiger partial charge in [-0.2, -0.15) is 0 Å². The molecule has 5 heteroatoms. The maximum atomic E-state index is 13.4. The highest BCUT2D eigenvalue weighted by Crippen LogP contribution is 2.35. The standard InChI is InChI=1S/C30H27FN2O2/c1-21-6-4-7-23(16-21)27(17-30(34)32-18-25-8-5-15-35-25)28-20-33(29-10-3-2-9-26(28)29)19-22-11-13-24(31)14-12-22/h2-16,20,27H,17-19H2,1H3,(H,32,34)/t27-/m0/s1. The van der Waals surface area contributed by atoms with E-state index in [9.17, 15) is 9.18 Å². The highest BCUT2D eigenvalue weighted by Gasteiger charge is 2.23. The van der Waals surface area contributed by atoms with Crippen molar-refractivity contribution in [3.8, 4) is 0 Å². The van der Waals surface area contributed by atoms with Gasteiger partial charge in [0, 0.05) is 36.0 Å². The Hall–Kier alpha value is -4.12. The number of benzene rings is 3. The van der Waals surface area contributed by atoms with E-state index in [1.807, 2.05) is 42.5 Å². The van der Waals surface area contributed by atoms with Crippen molar-refractivity contribution in [1.29, 1.82) is 0 Å². The van der Waals surface area contributed by atoms with Crippen LogP contribution in [0.2, 0.25) is 0 Å². The molecule has 0 radical (unpaired) electrons. The lowest BCUT2D eigenvalue weighted by Gasteiger charge is -2.18. The predicted molar refractivity (Wildman–Crippen MR) is 136 cm³/mol. The molecule has 35 heavy (non-hydrogen) atoms. The third-order valence-corrected chi connectivity index (χ3v) is 6.33. The van der Waals surface area contributed by atoms with Crippen molar-refractivity contribution < 1.29 is 13.6 Å². The van der Waals surface area contributed by atoms with Crippen LogP contribution in [0.4, 0.5) is 4.39 Å². The van der Waals surface area contributed by atoms with E-state index < -0.39 is 0 Å². The van der Waals surface area contributed by atoms with Crippen LogP contribution < -0.4 is 5.32 Å². The molecule has 1 atom stereocenters. The van der Waals surface area contributed by atoms with Crippen molar-refractivity contribution in [2.24, 2.45) is 0 Å². The van der Waals surface area contributed by atoms with E-state index in [0.717, 1.165) is 38.9 Å². The molecule has 2 aromatic heterocycles. The van der Waals surface area contributed by atoms with Gasteiger partial charge >= 0.3 is 0 Å². The number of rotatable bonds is 8. The third-order valence-electron chi connectivity index (χ3n) is 6.33. The average Bonchev–Trinajstić information content (AvgIpc) is 3.51. The second-order valence-corrected chi connectivity index (χ2v) is 8.88. The molecule has 0 aliphatic heterocycles. The first-order valence-corrected chi connectivity index (χ1v) is 11.7. The van der Waals surface area contributed by atoms with Crippen molar-refractivity contribution in [3.63, 3.8) is 0 Å². The molecule has 5 aromatic rings. The van der Waals surface area contributed by atoms with Gasteiger partial charge in [-0.25, -0.2) is 4.39 Å². The summed E-state index contributed by atoms with van der Waals surface area (Å²) in [6, 6.07) is 26.8. The second-order valence-electron chi connectivity index (χ2n) is 8.88. The highest BCUT2D eigenvalue weighted by atomic mass is 19.1. The Kier molecular flexibility index (Phi) is 6.49. The van der Waals surface area contributed by atoms with Crippen molar-refractivity contribution in [1.82, 2.24) is 9.88 Å². The number of carbonyl (C=O) groups excluding carboxylic acids is 1. The number of amides is 1. The monoisotopic (exact) mass is 466 g/mol. The zero-order valence-electron chi connectivity index (χ0n) is 19.6. The quantitative estimate of drug-likeness (QED) is 0.281. The number of hydrogen-bond acceptors (Lipinski definition) is 2. The van der Waals surface area contributed by atoms with E-state index in [1.165, 1.54) is 12.1 Å². The molecule has 3 aromatic carbocycles. The molecule has 0 saturated carbocycles. The van der Waals surface area contributed by atoms with Gasteiger partial charge in [-0.1, -0.05) is 60.2 Å². The highest BCUT2D eigenvalue weighted by molar-refractivity contribution is 5.86. The van der Waals surface area contributed by atoms with E-state index in [1.54, 1.807) is 6.26 Å². The Morgan fingerprint density at radius 3 is 2.60 bits per heavy atom. The molecule has 1 N–H and O–H groups in total. The number of aromatic nitrogens is 1. The molecule has 0 aliphatic carbocycles. The number of halogens is 1. The topological polar surface area (TPSA) is 47.2 Å². The molecular weight excluding hydrogens is 439 g/mol. The first-order chi connectivity index (χ1) is 17.1. The lowest BCUT2D eigenvalue weighted by molar-refractivity contribution is -0.121. The number of fused-ring (bicyclic) bond motifs is 1. The molecule has 1 amide bonds. The molecule has 0 aliphatic rings. The molecular formula is C30H27FN2O2. The van der Waals surface area contributed by atoms with Crippen LogP contribution in [0.1, 0.15) is 40.4 Å². The lowest BCUT2D eigenvalue weighted by Crippen LogP contribution is -2.24. The fourth-order valence-electron chi connectivity index (χ4n) is 4.62. The Labute approximate surface area is 204 Å². The van der Waals surface area contributed by atoms with Crippen molar-refractivity contribution in [2.45, 2.75) is 32.4 Å². The van der Waals surface area contributed by atoms with Gasteiger partial charge in [-0.15, -0.1) is 0 Å². The van der Waals surface area contributed by atoms with Crippen molar-refractivity contribution in [3.05, 3.63) is 131 Å². The zero-order chi connectivity index (χ0) is 24.2. The van der Waals surface area contributed by atoms with E-state index in [-0.39, 0.29) is 17.6 Å². The molecule has 4 nitrogen and oxygen atoms in total. The summed E-state index contributed by atoms with van der Waals surface area (Å²) in [6.45, 7) is 3.04. The van der Waals surface area contributed by atoms with Gasteiger partial charge in [0.2, 0.25) is 5.91 Å². The Morgan fingerprint density at radius 1 is 1.00 bits per heavy atom. The first-order valence-electron chi connectivity index (χ1n) is 11.7. The van der Waals surface area contributed by atoms with Gasteiger partial charge in [0.25, 0.3) is 0 Å². The number of aryl methyl sites for hydroxylation is 1. The number of nitrogens with zero attached hydrogens (tertiary/aromatic N) is 1. The van der Waals surface area contributed by atoms with Crippen LogP contribution in [0, 0.1) is 12.7 Å². The van der Waals surface area contributed by atoms with Crippen molar-refractivity contribution in [2.75, 3.05) is 0 Å². The fraction of sp³-hybridized carbons (Fsp3) is 0.167. The summed E-state index contributed by atoms with van der Waals surface area (Å²) in [6.07, 6.45) is 4.06. The largest absolute Gasteiger partial charge is 0.467 e. The minimum Gasteiger partial charge on any atom is -0.467 e. The number of nitrogens with one attached hydrogen (secondary N) is 1. The summed E-state index contributed by atoms with van der Waals surface area (Å²) in [5.41, 5.74) is 5.45. The van der Waals surface area contributed by atoms with Crippen molar-refractivity contribution >= 4 is 16.8 Å². The van der Waals surface area contributed by atoms with Crippen LogP contribution >= 0.6 is 0 Å². The number of para-hydroxylation sites is 1. The van der Waals surface area contributed by atoms with Gasteiger partial charge in [-0.3, -0.25) is 4.79 Å². The summed E-state index contributed by atoms with van der Waals surface area (Å²) in [7, 11) is 0. The Bertz CT molecular complexity index is 1440. The summed E-state index contributed by atoms with van der Waals surface area (Å²) in [5.74, 6) is 0.322. The van der Waals surface area contributed by atoms with Gasteiger partial charge in [0.05, 0.1) is 12.8 Å². The predicted octanol–water partition coefficient (Wildman–Crippen LogP) is 6.57. The zero-order valence-corrected chi connectivity index (χ0v) is 19.6. The van der Waals surface area contributed by atoms with Crippen LogP contribution in [0.15, 0.2) is 102 Å². The van der Waals surface area contributed by atoms with E-state index in [4.69, 9.17) is 4.42 Å². The molecule has 0 bridgehead atoms. The van der Waals surface area contributed by atoms with Gasteiger partial charge in [0.15, 0.2) is 0 Å². The molecule has 2 heterocycles. The van der Waals surface area contributed by atoms with Crippen LogP contribution in [0.25, 0.3) is 10.9 Å². The van der Waals surface area contributed by atoms with Crippen LogP contribution in [0.5, 0.6) is 0 Å². The number of furan rings is 1. The van der Waals surface area contributed by atoms with Crippen LogP contribution in [-0.2, 0) is 17.9 Å². The van der Waals surface area contributed by atoms with Gasteiger partial charge < -0.3 is 14.3 Å². The van der Waals surface area contributed by atoms with Crippen LogP contribution in [-0.4, -0.2) is 10.5 Å². The molecule has 0 spiro atoms. The summed E-state index contributed by atoms with van der Waals surface area (Å²) >= 11 is 0. The van der Waals surface area contributed by atoms with Crippen LogP contribution in [0.3, 0.4) is 0 Å². The van der Waals surface area contributed by atoms with Gasteiger partial charge in [-0.05, 0) is 53.9 Å². The minimum absolute atomic E-state index is 0.0386. The van der Waals surface area contributed by atoms with E-state index in [0.29, 0.717) is 19.5 Å². The molecule has 0 fully saturated rings. The summed E-state index contributed by atoms with van der Waals surface area (Å²) in [4.78, 5) is 13.1. The maximum absolute atomic E-state index is 13.4. The SMILES string of the molecule is Cc1cccc([C@H](CC(=O)NCc2ccco2)c2cn(Cc3ccc(F)cc3)c3ccccc23)c1. The second kappa shape index (κ2) is 10.0. The lowest BCUT2D eigenvalue weighted by atomic mass is 9.87. The first kappa shape index (κ1) is 22.7. The third kappa shape index (κ3) is 5.19. The Balaban J connectivity index is 1.51. The fourth-order valence-corrected chi connectivity index (χ4v) is 4.62. The molecule has 176 valence electrons. The normalized spacial score (nSPS) is 12.1. The average molecular weight is 467 g/mol. The van der Waals surface area contributed by atoms with Gasteiger partial charge in [0.1, 0.15) is 11.6 Å². The molecule has 0 saturated heterocycles. The molecule has 0 unspecified atom stereocenters. The summed E-state index contributed by atoms with van der Waals surface area (Å²) < 4.78 is 21.0. The minimum atomic E-state index is -0.244. The summed E-state index contributed by atoms with van der Waals surface area (Å²) in [5, 5.41) is 4.11. The van der Waals surface area contributed by atoms with E-state index in [2.05, 4.69) is 53.3 Å². The molecule has 5 rings (SSSR count). The Morgan fingerprint density at radius 2 is 1.83 bits per heavy atom. The number of carbonyl (C=O) groups is 1. The smallest absolute Gasteiger partial charge is 0.221 e.